The fourth-order valence-electron chi connectivity index (χ4n) is 4.79. The lowest BCUT2D eigenvalue weighted by atomic mass is 10.0. The summed E-state index contributed by atoms with van der Waals surface area (Å²) in [7, 11) is -0.913. The molecule has 6 aromatic rings. The molecular formula is C32H23OP. The van der Waals surface area contributed by atoms with Crippen molar-refractivity contribution in [1.29, 1.82) is 0 Å². The molecule has 0 atom stereocenters. The Balaban J connectivity index is 1.72. The van der Waals surface area contributed by atoms with Crippen LogP contribution in [0, 0.1) is 0 Å². The average Bonchev–Trinajstić information content (AvgIpc) is 2.90. The van der Waals surface area contributed by atoms with E-state index in [1.807, 2.05) is 18.2 Å². The highest BCUT2D eigenvalue weighted by molar-refractivity contribution is 7.81. The topological polar surface area (TPSA) is 20.2 Å². The highest BCUT2D eigenvalue weighted by Gasteiger charge is 2.24. The molecule has 0 aliphatic carbocycles. The molecule has 0 spiro atoms. The third-order valence-corrected chi connectivity index (χ3v) is 8.97. The first kappa shape index (κ1) is 20.7. The van der Waals surface area contributed by atoms with Gasteiger partial charge < -0.3 is 5.11 Å². The van der Waals surface area contributed by atoms with Crippen molar-refractivity contribution >= 4 is 45.4 Å². The standard InChI is InChI=1S/C32H23OP/c33-29-19-7-5-17-27(29)28-18-6-8-20-32(28)34(30-21-9-13-23-11-1-3-15-25(23)30)31-22-10-14-24-12-2-4-16-26(24)31/h1-22,33H. The minimum Gasteiger partial charge on any atom is -0.507 e. The molecule has 2 heteroatoms. The average molecular weight is 455 g/mol. The molecule has 0 aliphatic heterocycles. The van der Waals surface area contributed by atoms with Crippen LogP contribution in [-0.2, 0) is 0 Å². The second-order valence-corrected chi connectivity index (χ2v) is 10.5. The molecule has 0 aliphatic rings. The van der Waals surface area contributed by atoms with Gasteiger partial charge in [0, 0.05) is 5.56 Å². The molecule has 0 amide bonds. The summed E-state index contributed by atoms with van der Waals surface area (Å²) in [4.78, 5) is 0. The Kier molecular flexibility index (Phi) is 5.34. The van der Waals surface area contributed by atoms with E-state index in [0.29, 0.717) is 5.75 Å². The Morgan fingerprint density at radius 1 is 0.382 bits per heavy atom. The van der Waals surface area contributed by atoms with Gasteiger partial charge in [-0.3, -0.25) is 0 Å². The van der Waals surface area contributed by atoms with Crippen molar-refractivity contribution in [2.45, 2.75) is 0 Å². The molecule has 0 fully saturated rings. The highest BCUT2D eigenvalue weighted by atomic mass is 31.1. The molecule has 0 saturated heterocycles. The van der Waals surface area contributed by atoms with Gasteiger partial charge in [0.15, 0.2) is 0 Å². The molecule has 0 bridgehead atoms. The third-order valence-electron chi connectivity index (χ3n) is 6.35. The van der Waals surface area contributed by atoms with Gasteiger partial charge in [-0.2, -0.15) is 0 Å². The lowest BCUT2D eigenvalue weighted by Gasteiger charge is -2.25. The van der Waals surface area contributed by atoms with Gasteiger partial charge in [0.1, 0.15) is 5.75 Å². The number of para-hydroxylation sites is 1. The van der Waals surface area contributed by atoms with E-state index in [9.17, 15) is 5.11 Å². The summed E-state index contributed by atoms with van der Waals surface area (Å²) in [6, 6.07) is 46.7. The number of hydrogen-bond acceptors (Lipinski definition) is 1. The Morgan fingerprint density at radius 2 is 0.824 bits per heavy atom. The summed E-state index contributed by atoms with van der Waals surface area (Å²) in [5.41, 5.74) is 1.94. The zero-order chi connectivity index (χ0) is 22.9. The van der Waals surface area contributed by atoms with Crippen molar-refractivity contribution in [1.82, 2.24) is 0 Å². The van der Waals surface area contributed by atoms with Crippen molar-refractivity contribution in [3.05, 3.63) is 133 Å². The summed E-state index contributed by atoms with van der Waals surface area (Å²) in [5, 5.41) is 19.7. The van der Waals surface area contributed by atoms with Crippen molar-refractivity contribution in [3.8, 4) is 16.9 Å². The molecule has 162 valence electrons. The van der Waals surface area contributed by atoms with Crippen LogP contribution in [0.4, 0.5) is 0 Å². The molecule has 6 rings (SSSR count). The first-order chi connectivity index (χ1) is 16.8. The van der Waals surface area contributed by atoms with E-state index in [4.69, 9.17) is 0 Å². The van der Waals surface area contributed by atoms with Crippen LogP contribution in [-0.4, -0.2) is 5.11 Å². The third kappa shape index (κ3) is 3.55. The predicted molar refractivity (Wildman–Crippen MR) is 147 cm³/mol. The minimum atomic E-state index is -0.913. The number of fused-ring (bicyclic) bond motifs is 2. The number of benzene rings is 6. The number of phenolic OH excluding ortho intramolecular Hbond substituents is 1. The predicted octanol–water partition coefficient (Wildman–Crippen LogP) is 7.12. The van der Waals surface area contributed by atoms with Crippen LogP contribution in [0.5, 0.6) is 5.75 Å². The molecule has 0 heterocycles. The van der Waals surface area contributed by atoms with Gasteiger partial charge in [-0.25, -0.2) is 0 Å². The van der Waals surface area contributed by atoms with E-state index in [2.05, 4.69) is 109 Å². The number of aromatic hydroxyl groups is 1. The SMILES string of the molecule is Oc1ccccc1-c1ccccc1P(c1cccc2ccccc12)c1cccc2ccccc12. The fraction of sp³-hybridized carbons (Fsp3) is 0. The summed E-state index contributed by atoms with van der Waals surface area (Å²) >= 11 is 0. The van der Waals surface area contributed by atoms with E-state index in [1.54, 1.807) is 6.07 Å². The van der Waals surface area contributed by atoms with Crippen molar-refractivity contribution in [2.24, 2.45) is 0 Å². The number of hydrogen-bond donors (Lipinski definition) is 1. The molecule has 0 radical (unpaired) electrons. The van der Waals surface area contributed by atoms with Gasteiger partial charge >= 0.3 is 0 Å². The van der Waals surface area contributed by atoms with Crippen LogP contribution in [0.25, 0.3) is 32.7 Å². The monoisotopic (exact) mass is 454 g/mol. The summed E-state index contributed by atoms with van der Waals surface area (Å²) in [6.07, 6.45) is 0. The molecule has 0 saturated carbocycles. The van der Waals surface area contributed by atoms with Gasteiger partial charge in [0.25, 0.3) is 0 Å². The van der Waals surface area contributed by atoms with Crippen molar-refractivity contribution < 1.29 is 5.11 Å². The second-order valence-electron chi connectivity index (χ2n) is 8.37. The van der Waals surface area contributed by atoms with E-state index in [1.165, 1.54) is 37.5 Å². The fourth-order valence-corrected chi connectivity index (χ4v) is 7.60. The number of rotatable bonds is 4. The van der Waals surface area contributed by atoms with Gasteiger partial charge in [-0.15, -0.1) is 0 Å². The van der Waals surface area contributed by atoms with Crippen LogP contribution in [0.1, 0.15) is 0 Å². The van der Waals surface area contributed by atoms with E-state index >= 15 is 0 Å². The van der Waals surface area contributed by atoms with Crippen LogP contribution >= 0.6 is 7.92 Å². The van der Waals surface area contributed by atoms with Gasteiger partial charge in [-0.05, 0) is 57.0 Å². The van der Waals surface area contributed by atoms with Crippen LogP contribution in [0.3, 0.4) is 0 Å². The van der Waals surface area contributed by atoms with E-state index < -0.39 is 7.92 Å². The van der Waals surface area contributed by atoms with Crippen LogP contribution in [0.2, 0.25) is 0 Å². The van der Waals surface area contributed by atoms with Crippen LogP contribution in [0.15, 0.2) is 133 Å². The summed E-state index contributed by atoms with van der Waals surface area (Å²) in [6.45, 7) is 0. The molecule has 1 N–H and O–H groups in total. The Morgan fingerprint density at radius 3 is 1.44 bits per heavy atom. The molecule has 1 nitrogen and oxygen atoms in total. The Bertz CT molecular complexity index is 1550. The smallest absolute Gasteiger partial charge is 0.123 e. The zero-order valence-corrected chi connectivity index (χ0v) is 19.5. The van der Waals surface area contributed by atoms with Gasteiger partial charge in [-0.1, -0.05) is 127 Å². The van der Waals surface area contributed by atoms with Crippen molar-refractivity contribution in [3.63, 3.8) is 0 Å². The first-order valence-electron chi connectivity index (χ1n) is 11.4. The lowest BCUT2D eigenvalue weighted by molar-refractivity contribution is 0.477. The number of phenols is 1. The Hall–Kier alpha value is -3.93. The molecule has 0 unspecified atom stereocenters. The highest BCUT2D eigenvalue weighted by Crippen LogP contribution is 2.42. The van der Waals surface area contributed by atoms with Crippen molar-refractivity contribution in [2.75, 3.05) is 0 Å². The lowest BCUT2D eigenvalue weighted by Crippen LogP contribution is -2.23. The Labute approximate surface area is 200 Å². The van der Waals surface area contributed by atoms with Gasteiger partial charge in [0.2, 0.25) is 0 Å². The minimum absolute atomic E-state index is 0.306. The molecule has 6 aromatic carbocycles. The van der Waals surface area contributed by atoms with E-state index in [0.717, 1.165) is 11.1 Å². The summed E-state index contributed by atoms with van der Waals surface area (Å²) in [5.74, 6) is 0.306. The second kappa shape index (κ2) is 8.78. The summed E-state index contributed by atoms with van der Waals surface area (Å²) < 4.78 is 0. The largest absolute Gasteiger partial charge is 0.507 e. The normalized spacial score (nSPS) is 11.3. The maximum absolute atomic E-state index is 10.8. The van der Waals surface area contributed by atoms with E-state index in [-0.39, 0.29) is 0 Å². The molecule has 34 heavy (non-hydrogen) atoms. The first-order valence-corrected chi connectivity index (χ1v) is 12.8. The maximum Gasteiger partial charge on any atom is 0.123 e. The van der Waals surface area contributed by atoms with Gasteiger partial charge in [0.05, 0.1) is 0 Å². The maximum atomic E-state index is 10.8. The zero-order valence-electron chi connectivity index (χ0n) is 18.6. The molecule has 0 aromatic heterocycles. The molecular weight excluding hydrogens is 431 g/mol. The quantitative estimate of drug-likeness (QED) is 0.281. The van der Waals surface area contributed by atoms with Crippen LogP contribution < -0.4 is 15.9 Å².